The molecule has 0 N–H and O–H groups in total. The Balaban J connectivity index is 0.00000162. The fourth-order valence-corrected chi connectivity index (χ4v) is 1.43. The zero-order valence-electron chi connectivity index (χ0n) is 10.5. The normalized spacial score (nSPS) is 9.42. The van der Waals surface area contributed by atoms with Crippen LogP contribution >= 0.6 is 0 Å². The predicted octanol–water partition coefficient (Wildman–Crippen LogP) is 2.85. The number of hydrogen-bond donors (Lipinski definition) is 0. The van der Waals surface area contributed by atoms with Crippen molar-refractivity contribution in [1.29, 1.82) is 0 Å². The van der Waals surface area contributed by atoms with Gasteiger partial charge < -0.3 is 20.1 Å². The topological polar surface area (TPSA) is 58.2 Å². The molecule has 0 aliphatic heterocycles. The van der Waals surface area contributed by atoms with E-state index in [-0.39, 0.29) is 58.3 Å². The van der Waals surface area contributed by atoms with Crippen LogP contribution in [0.4, 0.5) is 11.6 Å². The minimum Gasteiger partial charge on any atom is -0.530 e. The molecule has 0 atom stereocenters. The van der Waals surface area contributed by atoms with E-state index in [4.69, 9.17) is 0 Å². The number of para-hydroxylation sites is 1. The number of hydrogen-bond acceptors (Lipinski definition) is 2. The molecule has 19 heavy (non-hydrogen) atoms. The summed E-state index contributed by atoms with van der Waals surface area (Å²) >= 11 is 0. The third-order valence-corrected chi connectivity index (χ3v) is 2.37. The van der Waals surface area contributed by atoms with Gasteiger partial charge in [0, 0.05) is 40.8 Å². The smallest absolute Gasteiger partial charge is 0.141 e. The first-order valence-corrected chi connectivity index (χ1v) is 5.47. The third-order valence-electron chi connectivity index (χ3n) is 2.37. The van der Waals surface area contributed by atoms with Gasteiger partial charge in [-0.25, -0.2) is 0 Å². The Labute approximate surface area is 139 Å². The maximum atomic E-state index is 11.7. The molecule has 2 rings (SSSR count). The first-order valence-electron chi connectivity index (χ1n) is 5.47. The fraction of sp³-hybridized carbons (Fsp3) is 0.231. The summed E-state index contributed by atoms with van der Waals surface area (Å²) in [5.41, 5.74) is 1.12. The molecule has 0 aliphatic rings. The molecule has 1 heterocycles. The van der Waals surface area contributed by atoms with E-state index in [1.165, 1.54) is 0 Å². The van der Waals surface area contributed by atoms with Gasteiger partial charge in [-0.15, -0.1) is 6.20 Å². The second kappa shape index (κ2) is 8.41. The maximum Gasteiger partial charge on any atom is 0.141 e. The van der Waals surface area contributed by atoms with Gasteiger partial charge >= 0.3 is 0 Å². The Morgan fingerprint density at radius 3 is 2.32 bits per heavy atom. The summed E-state index contributed by atoms with van der Waals surface area (Å²) in [5.74, 6) is 0.346. The van der Waals surface area contributed by atoms with E-state index in [0.29, 0.717) is 5.56 Å². The summed E-state index contributed by atoms with van der Waals surface area (Å²) in [6.07, 6.45) is 1.56. The summed E-state index contributed by atoms with van der Waals surface area (Å²) in [5, 5.41) is 4.18. The molecule has 2 aromatic rings. The van der Waals surface area contributed by atoms with Crippen LogP contribution in [-0.4, -0.2) is 4.98 Å². The van der Waals surface area contributed by atoms with Gasteiger partial charge in [0.2, 0.25) is 0 Å². The molecule has 0 saturated heterocycles. The van der Waals surface area contributed by atoms with Crippen molar-refractivity contribution in [1.82, 2.24) is 9.97 Å². The van der Waals surface area contributed by atoms with Crippen LogP contribution in [-0.2, 0) is 40.8 Å². The summed E-state index contributed by atoms with van der Waals surface area (Å²) in [4.78, 5) is 19.6. The van der Waals surface area contributed by atoms with Gasteiger partial charge in [-0.1, -0.05) is 49.9 Å². The minimum atomic E-state index is -0.246. The van der Waals surface area contributed by atoms with Crippen LogP contribution < -0.4 is 10.5 Å². The molecule has 0 saturated carbocycles. The Bertz CT molecular complexity index is 555. The van der Waals surface area contributed by atoms with E-state index in [9.17, 15) is 4.79 Å². The molecule has 0 aliphatic carbocycles. The number of nitrogens with zero attached hydrogens (tertiary/aromatic N) is 3. The van der Waals surface area contributed by atoms with Crippen molar-refractivity contribution in [2.24, 2.45) is 0 Å². The Hall–Kier alpha value is -0.775. The second-order valence-electron chi connectivity index (χ2n) is 4.03. The molecular formula is C13H13N3ORe2-2. The van der Waals surface area contributed by atoms with Gasteiger partial charge in [-0.2, -0.15) is 5.95 Å². The van der Waals surface area contributed by atoms with E-state index < -0.39 is 0 Å². The molecule has 0 unspecified atom stereocenters. The first-order chi connectivity index (χ1) is 8.16. The average Bonchev–Trinajstić information content (AvgIpc) is 2.30. The number of aromatic nitrogens is 2. The van der Waals surface area contributed by atoms with Gasteiger partial charge in [0.1, 0.15) is 5.56 Å². The van der Waals surface area contributed by atoms with E-state index in [2.05, 4.69) is 15.3 Å². The van der Waals surface area contributed by atoms with Crippen LogP contribution in [0.15, 0.2) is 41.3 Å². The minimum absolute atomic E-state index is 0. The molecule has 6 heteroatoms. The van der Waals surface area contributed by atoms with Gasteiger partial charge in [0.15, 0.2) is 0 Å². The largest absolute Gasteiger partial charge is 0.530 e. The van der Waals surface area contributed by atoms with Gasteiger partial charge in [-0.05, 0) is 11.5 Å². The SMILES string of the molecule is CC(C)c1cnc([N-]c2ccccc2)[n-]c1=O.[Re].[Re]. The fourth-order valence-electron chi connectivity index (χ4n) is 1.43. The first kappa shape index (κ1) is 18.2. The molecule has 0 amide bonds. The molecule has 4 nitrogen and oxygen atoms in total. The molecule has 0 fully saturated rings. The molecule has 2 radical (unpaired) electrons. The number of benzene rings is 1. The van der Waals surface area contributed by atoms with Crippen LogP contribution in [0.2, 0.25) is 0 Å². The van der Waals surface area contributed by atoms with Crippen molar-refractivity contribution in [2.45, 2.75) is 19.8 Å². The van der Waals surface area contributed by atoms with Gasteiger partial charge in [0.05, 0.1) is 0 Å². The van der Waals surface area contributed by atoms with Gasteiger partial charge in [0.25, 0.3) is 0 Å². The molecule has 0 spiro atoms. The summed E-state index contributed by atoms with van der Waals surface area (Å²) in [6.45, 7) is 3.88. The molecule has 0 bridgehead atoms. The van der Waals surface area contributed by atoms with E-state index in [1.54, 1.807) is 6.20 Å². The van der Waals surface area contributed by atoms with Crippen molar-refractivity contribution in [2.75, 3.05) is 0 Å². The van der Waals surface area contributed by atoms with Gasteiger partial charge in [-0.3, -0.25) is 0 Å². The Kier molecular flexibility index (Phi) is 8.06. The van der Waals surface area contributed by atoms with Crippen molar-refractivity contribution in [3.63, 3.8) is 0 Å². The van der Waals surface area contributed by atoms with Crippen molar-refractivity contribution >= 4 is 11.6 Å². The third kappa shape index (κ3) is 5.01. The maximum absolute atomic E-state index is 11.7. The zero-order chi connectivity index (χ0) is 12.3. The van der Waals surface area contributed by atoms with Crippen LogP contribution in [0.25, 0.3) is 5.32 Å². The molecule has 1 aromatic heterocycles. The van der Waals surface area contributed by atoms with Crippen LogP contribution in [0, 0.1) is 0 Å². The molecule has 102 valence electrons. The van der Waals surface area contributed by atoms with Crippen molar-refractivity contribution in [3.05, 3.63) is 57.8 Å². The van der Waals surface area contributed by atoms with E-state index >= 15 is 0 Å². The summed E-state index contributed by atoms with van der Waals surface area (Å²) in [6, 6.07) is 9.33. The quantitative estimate of drug-likeness (QED) is 0.546. The van der Waals surface area contributed by atoms with Crippen LogP contribution in [0.1, 0.15) is 25.3 Å². The molecule has 1 aromatic carbocycles. The standard InChI is InChI=1S/C13H14N3O.2Re/c1-9(2)11-8-14-13(16-12(11)17)15-10-6-4-3-5-7-10;;/h3-9H,1-2H3,(H-,14,15,16,17);;/q-1;;/p-1. The van der Waals surface area contributed by atoms with Crippen LogP contribution in [0.3, 0.4) is 0 Å². The zero-order valence-corrected chi connectivity index (χ0v) is 16.0. The average molecular weight is 600 g/mol. The molecular weight excluding hydrogens is 587 g/mol. The summed E-state index contributed by atoms with van der Waals surface area (Å²) < 4.78 is 0. The summed E-state index contributed by atoms with van der Waals surface area (Å²) in [7, 11) is 0. The second-order valence-corrected chi connectivity index (χ2v) is 4.03. The Morgan fingerprint density at radius 1 is 1.16 bits per heavy atom. The van der Waals surface area contributed by atoms with Crippen molar-refractivity contribution in [3.8, 4) is 0 Å². The Morgan fingerprint density at radius 2 is 1.79 bits per heavy atom. The number of rotatable bonds is 3. The monoisotopic (exact) mass is 601 g/mol. The van der Waals surface area contributed by atoms with E-state index in [1.807, 2.05) is 44.2 Å². The van der Waals surface area contributed by atoms with Crippen molar-refractivity contribution < 1.29 is 40.8 Å². The van der Waals surface area contributed by atoms with Crippen LogP contribution in [0.5, 0.6) is 0 Å². The predicted molar refractivity (Wildman–Crippen MR) is 67.0 cm³/mol. The van der Waals surface area contributed by atoms with E-state index in [0.717, 1.165) is 5.69 Å².